The number of non-ortho nitro benzene ring substituents is 1. The number of nitrogens with one attached hydrogen (secondary N) is 1. The number of benzene rings is 1. The van der Waals surface area contributed by atoms with Crippen LogP contribution in [0.2, 0.25) is 0 Å². The molecule has 0 heterocycles. The first-order chi connectivity index (χ1) is 13.5. The molecule has 1 aromatic carbocycles. The lowest BCUT2D eigenvalue weighted by atomic mass is 9.92. The molecule has 1 N–H and O–H groups in total. The van der Waals surface area contributed by atoms with E-state index in [9.17, 15) is 24.5 Å². The van der Waals surface area contributed by atoms with Crippen molar-refractivity contribution < 1.29 is 33.5 Å². The van der Waals surface area contributed by atoms with Crippen molar-refractivity contribution in [2.75, 3.05) is 13.2 Å². The smallest absolute Gasteiger partial charge is 0.408 e. The molecule has 1 amide bonds. The van der Waals surface area contributed by atoms with Crippen LogP contribution in [0.1, 0.15) is 46.2 Å². The van der Waals surface area contributed by atoms with Crippen molar-refractivity contribution in [2.24, 2.45) is 5.92 Å². The van der Waals surface area contributed by atoms with Gasteiger partial charge in [-0.2, -0.15) is 0 Å². The van der Waals surface area contributed by atoms with Crippen LogP contribution in [0.4, 0.5) is 10.5 Å². The van der Waals surface area contributed by atoms with Crippen LogP contribution in [0.5, 0.6) is 0 Å². The van der Waals surface area contributed by atoms with Gasteiger partial charge in [-0.3, -0.25) is 19.7 Å². The Morgan fingerprint density at radius 1 is 1.03 bits per heavy atom. The van der Waals surface area contributed by atoms with Crippen molar-refractivity contribution in [1.29, 1.82) is 0 Å². The molecule has 0 aromatic heterocycles. The summed E-state index contributed by atoms with van der Waals surface area (Å²) in [6, 6.07) is 3.86. The third kappa shape index (κ3) is 7.40. The molecule has 0 fully saturated rings. The van der Waals surface area contributed by atoms with Crippen molar-refractivity contribution in [2.45, 2.75) is 46.3 Å². The van der Waals surface area contributed by atoms with E-state index in [2.05, 4.69) is 5.32 Å². The highest BCUT2D eigenvalue weighted by Crippen LogP contribution is 2.27. The molecule has 0 aliphatic rings. The molecule has 0 bridgehead atoms. The Morgan fingerprint density at radius 3 is 1.90 bits per heavy atom. The second-order valence-corrected chi connectivity index (χ2v) is 6.95. The molecule has 0 saturated carbocycles. The maximum Gasteiger partial charge on any atom is 0.408 e. The molecule has 0 radical (unpaired) electrons. The monoisotopic (exact) mass is 410 g/mol. The highest BCUT2D eigenvalue weighted by atomic mass is 16.6. The lowest BCUT2D eigenvalue weighted by molar-refractivity contribution is -0.384. The van der Waals surface area contributed by atoms with E-state index in [0.717, 1.165) is 0 Å². The van der Waals surface area contributed by atoms with Crippen LogP contribution in [-0.2, 0) is 23.8 Å². The van der Waals surface area contributed by atoms with Crippen LogP contribution >= 0.6 is 0 Å². The van der Waals surface area contributed by atoms with E-state index in [0.29, 0.717) is 0 Å². The molecule has 1 aromatic rings. The first-order valence-electron chi connectivity index (χ1n) is 9.07. The maximum absolute atomic E-state index is 12.5. The number of amides is 1. The van der Waals surface area contributed by atoms with Gasteiger partial charge in [0.1, 0.15) is 5.60 Å². The van der Waals surface area contributed by atoms with E-state index >= 15 is 0 Å². The third-order valence-electron chi connectivity index (χ3n) is 3.55. The first-order valence-corrected chi connectivity index (χ1v) is 9.07. The summed E-state index contributed by atoms with van der Waals surface area (Å²) in [5, 5.41) is 13.4. The van der Waals surface area contributed by atoms with Crippen molar-refractivity contribution >= 4 is 23.7 Å². The van der Waals surface area contributed by atoms with Crippen molar-refractivity contribution in [3.63, 3.8) is 0 Å². The number of esters is 2. The van der Waals surface area contributed by atoms with Crippen molar-refractivity contribution in [3.05, 3.63) is 39.9 Å². The van der Waals surface area contributed by atoms with Crippen LogP contribution in [-0.4, -0.2) is 41.8 Å². The SMILES string of the molecule is CCOC(=O)C(C(=O)OCC)[C@@H](NC(=O)OC(C)(C)C)c1ccc([N+](=O)[O-])cc1. The number of hydrogen-bond donors (Lipinski definition) is 1. The molecule has 0 aliphatic carbocycles. The summed E-state index contributed by atoms with van der Waals surface area (Å²) in [6.07, 6.45) is -0.876. The molecule has 0 saturated heterocycles. The Balaban J connectivity index is 3.36. The standard InChI is InChI=1S/C19H26N2O8/c1-6-27-16(22)14(17(23)28-7-2)15(20-18(24)29-19(3,4)5)12-8-10-13(11-9-12)21(25)26/h8-11,14-15H,6-7H2,1-5H3,(H,20,24)/t15-/m0/s1. The van der Waals surface area contributed by atoms with E-state index in [4.69, 9.17) is 14.2 Å². The average Bonchev–Trinajstić information content (AvgIpc) is 2.60. The number of nitro groups is 1. The van der Waals surface area contributed by atoms with E-state index in [-0.39, 0.29) is 24.5 Å². The number of rotatable bonds is 8. The molecule has 1 atom stereocenters. The average molecular weight is 410 g/mol. The van der Waals surface area contributed by atoms with E-state index < -0.39 is 40.5 Å². The largest absolute Gasteiger partial charge is 0.465 e. The summed E-state index contributed by atoms with van der Waals surface area (Å²) in [4.78, 5) is 47.6. The number of nitrogens with zero attached hydrogens (tertiary/aromatic N) is 1. The summed E-state index contributed by atoms with van der Waals surface area (Å²) >= 11 is 0. The molecular formula is C19H26N2O8. The van der Waals surface area contributed by atoms with Gasteiger partial charge in [0, 0.05) is 12.1 Å². The van der Waals surface area contributed by atoms with Crippen LogP contribution in [0.15, 0.2) is 24.3 Å². The second-order valence-electron chi connectivity index (χ2n) is 6.95. The summed E-state index contributed by atoms with van der Waals surface area (Å²) in [6.45, 7) is 8.12. The van der Waals surface area contributed by atoms with Gasteiger partial charge in [-0.05, 0) is 40.2 Å². The maximum atomic E-state index is 12.5. The summed E-state index contributed by atoms with van der Waals surface area (Å²) in [7, 11) is 0. The lowest BCUT2D eigenvalue weighted by Gasteiger charge is -2.27. The summed E-state index contributed by atoms with van der Waals surface area (Å²) in [5.41, 5.74) is -0.742. The molecule has 1 rings (SSSR count). The minimum Gasteiger partial charge on any atom is -0.465 e. The van der Waals surface area contributed by atoms with Crippen LogP contribution in [0.25, 0.3) is 0 Å². The minimum absolute atomic E-state index is 0.00809. The normalized spacial score (nSPS) is 12.1. The molecule has 160 valence electrons. The Kier molecular flexibility index (Phi) is 8.56. The second kappa shape index (κ2) is 10.4. The lowest BCUT2D eigenvalue weighted by Crippen LogP contribution is -2.44. The highest BCUT2D eigenvalue weighted by Gasteiger charge is 2.40. The molecule has 10 nitrogen and oxygen atoms in total. The fourth-order valence-corrected chi connectivity index (χ4v) is 2.43. The van der Waals surface area contributed by atoms with Gasteiger partial charge in [-0.15, -0.1) is 0 Å². The first kappa shape index (κ1) is 23.9. The fraction of sp³-hybridized carbons (Fsp3) is 0.526. The van der Waals surface area contributed by atoms with Crippen molar-refractivity contribution in [3.8, 4) is 0 Å². The zero-order chi connectivity index (χ0) is 22.2. The Labute approximate surface area is 168 Å². The van der Waals surface area contributed by atoms with Gasteiger partial charge in [-0.25, -0.2) is 4.79 Å². The van der Waals surface area contributed by atoms with E-state index in [1.165, 1.54) is 24.3 Å². The van der Waals surface area contributed by atoms with Crippen LogP contribution in [0, 0.1) is 16.0 Å². The number of carbonyl (C=O) groups is 3. The topological polar surface area (TPSA) is 134 Å². The molecule has 10 heteroatoms. The molecule has 29 heavy (non-hydrogen) atoms. The fourth-order valence-electron chi connectivity index (χ4n) is 2.43. The third-order valence-corrected chi connectivity index (χ3v) is 3.55. The number of alkyl carbamates (subject to hydrolysis) is 1. The molecule has 0 unspecified atom stereocenters. The van der Waals surface area contributed by atoms with Crippen LogP contribution in [0.3, 0.4) is 0 Å². The summed E-state index contributed by atoms with van der Waals surface area (Å²) in [5.74, 6) is -3.32. The molecule has 0 spiro atoms. The van der Waals surface area contributed by atoms with Gasteiger partial charge in [-0.1, -0.05) is 12.1 Å². The Bertz CT molecular complexity index is 722. The van der Waals surface area contributed by atoms with Crippen LogP contribution < -0.4 is 5.32 Å². The predicted octanol–water partition coefficient (Wildman–Crippen LogP) is 2.90. The highest BCUT2D eigenvalue weighted by molar-refractivity contribution is 5.96. The quantitative estimate of drug-likeness (QED) is 0.227. The van der Waals surface area contributed by atoms with Gasteiger partial charge in [0.05, 0.1) is 24.2 Å². The van der Waals surface area contributed by atoms with Gasteiger partial charge in [0.15, 0.2) is 5.92 Å². The predicted molar refractivity (Wildman–Crippen MR) is 102 cm³/mol. The number of carbonyl (C=O) groups excluding carboxylic acids is 3. The van der Waals surface area contributed by atoms with E-state index in [1.807, 2.05) is 0 Å². The summed E-state index contributed by atoms with van der Waals surface area (Å²) < 4.78 is 15.2. The zero-order valence-corrected chi connectivity index (χ0v) is 17.1. The number of ether oxygens (including phenoxy) is 3. The van der Waals surface area contributed by atoms with Gasteiger partial charge < -0.3 is 19.5 Å². The molecule has 0 aliphatic heterocycles. The van der Waals surface area contributed by atoms with Gasteiger partial charge in [0.2, 0.25) is 0 Å². The number of nitro benzene ring substituents is 1. The Morgan fingerprint density at radius 2 is 1.52 bits per heavy atom. The van der Waals surface area contributed by atoms with Gasteiger partial charge in [0.25, 0.3) is 5.69 Å². The molecular weight excluding hydrogens is 384 g/mol. The Hall–Kier alpha value is -3.17. The number of hydrogen-bond acceptors (Lipinski definition) is 8. The minimum atomic E-state index is -1.52. The van der Waals surface area contributed by atoms with Crippen molar-refractivity contribution in [1.82, 2.24) is 5.32 Å². The van der Waals surface area contributed by atoms with Gasteiger partial charge >= 0.3 is 18.0 Å². The zero-order valence-electron chi connectivity index (χ0n) is 17.1. The van der Waals surface area contributed by atoms with E-state index in [1.54, 1.807) is 34.6 Å².